The van der Waals surface area contributed by atoms with Crippen LogP contribution in [0.5, 0.6) is 0 Å². The molecule has 14 heavy (non-hydrogen) atoms. The molecule has 1 aromatic rings. The molecule has 1 unspecified atom stereocenters. The Bertz CT molecular complexity index is 271. The molecule has 1 rings (SSSR count). The van der Waals surface area contributed by atoms with E-state index in [4.69, 9.17) is 0 Å². The van der Waals surface area contributed by atoms with Gasteiger partial charge in [0.15, 0.2) is 0 Å². The number of benzene rings is 1. The van der Waals surface area contributed by atoms with Crippen molar-refractivity contribution in [3.05, 3.63) is 34.9 Å². The second-order valence-electron chi connectivity index (χ2n) is 4.36. The molecule has 1 heteroatoms. The molecule has 0 bridgehead atoms. The third-order valence-corrected chi connectivity index (χ3v) is 2.42. The van der Waals surface area contributed by atoms with Crippen molar-refractivity contribution < 1.29 is 0 Å². The summed E-state index contributed by atoms with van der Waals surface area (Å²) >= 11 is 0. The molecule has 0 saturated carbocycles. The topological polar surface area (TPSA) is 12.0 Å². The van der Waals surface area contributed by atoms with Gasteiger partial charge in [0.25, 0.3) is 0 Å². The van der Waals surface area contributed by atoms with Gasteiger partial charge in [0, 0.05) is 0 Å². The number of hydrogen-bond acceptors (Lipinski definition) is 1. The van der Waals surface area contributed by atoms with Gasteiger partial charge in [-0.2, -0.15) is 0 Å². The average molecular weight is 191 g/mol. The molecule has 1 nitrogen and oxygen atoms in total. The highest BCUT2D eigenvalue weighted by atomic mass is 14.8. The van der Waals surface area contributed by atoms with Crippen LogP contribution in [0.3, 0.4) is 0 Å². The zero-order chi connectivity index (χ0) is 10.6. The minimum Gasteiger partial charge on any atom is -0.319 e. The van der Waals surface area contributed by atoms with E-state index >= 15 is 0 Å². The van der Waals surface area contributed by atoms with Crippen LogP contribution in [0.4, 0.5) is 0 Å². The lowest BCUT2D eigenvalue weighted by molar-refractivity contribution is 0.541. The van der Waals surface area contributed by atoms with E-state index in [-0.39, 0.29) is 0 Å². The lowest BCUT2D eigenvalue weighted by Crippen LogP contribution is -2.18. The Morgan fingerprint density at radius 1 is 1.14 bits per heavy atom. The zero-order valence-corrected chi connectivity index (χ0v) is 9.72. The van der Waals surface area contributed by atoms with Crippen molar-refractivity contribution in [3.63, 3.8) is 0 Å². The quantitative estimate of drug-likeness (QED) is 0.771. The van der Waals surface area contributed by atoms with Gasteiger partial charge in [-0.25, -0.2) is 0 Å². The van der Waals surface area contributed by atoms with Crippen LogP contribution in [0.15, 0.2) is 18.2 Å². The normalized spacial score (nSPS) is 12.9. The summed E-state index contributed by atoms with van der Waals surface area (Å²) in [6.07, 6.45) is 1.17. The third kappa shape index (κ3) is 3.51. The Balaban J connectivity index is 2.66. The van der Waals surface area contributed by atoms with Gasteiger partial charge in [0.1, 0.15) is 0 Å². The van der Waals surface area contributed by atoms with Crippen LogP contribution in [0.2, 0.25) is 0 Å². The molecule has 78 valence electrons. The van der Waals surface area contributed by atoms with Crippen molar-refractivity contribution in [2.24, 2.45) is 5.92 Å². The Labute approximate surface area is 87.5 Å². The van der Waals surface area contributed by atoms with E-state index in [1.807, 2.05) is 7.05 Å². The molecule has 0 amide bonds. The molecule has 0 aromatic heterocycles. The smallest absolute Gasteiger partial charge is 0.00230 e. The van der Waals surface area contributed by atoms with Gasteiger partial charge in [0.2, 0.25) is 0 Å². The zero-order valence-electron chi connectivity index (χ0n) is 9.72. The van der Waals surface area contributed by atoms with E-state index in [0.29, 0.717) is 5.92 Å². The molecule has 0 radical (unpaired) electrons. The Hall–Kier alpha value is -0.820. The lowest BCUT2D eigenvalue weighted by atomic mass is 9.98. The summed E-state index contributed by atoms with van der Waals surface area (Å²) in [6.45, 7) is 7.71. The summed E-state index contributed by atoms with van der Waals surface area (Å²) < 4.78 is 0. The van der Waals surface area contributed by atoms with Crippen molar-refractivity contribution in [1.29, 1.82) is 0 Å². The van der Waals surface area contributed by atoms with E-state index in [0.717, 1.165) is 6.54 Å². The number of nitrogens with one attached hydrogen (secondary N) is 1. The third-order valence-electron chi connectivity index (χ3n) is 2.42. The molecule has 1 aromatic carbocycles. The second kappa shape index (κ2) is 5.16. The van der Waals surface area contributed by atoms with E-state index in [2.05, 4.69) is 44.3 Å². The summed E-state index contributed by atoms with van der Waals surface area (Å²) in [6, 6.07) is 6.81. The first-order valence-electron chi connectivity index (χ1n) is 5.33. The van der Waals surface area contributed by atoms with Crippen molar-refractivity contribution in [2.45, 2.75) is 27.2 Å². The molecule has 1 N–H and O–H groups in total. The maximum absolute atomic E-state index is 3.22. The Morgan fingerprint density at radius 3 is 2.21 bits per heavy atom. The SMILES string of the molecule is CNCC(C)Cc1cc(C)cc(C)c1. The van der Waals surface area contributed by atoms with Gasteiger partial charge in [-0.3, -0.25) is 0 Å². The predicted molar refractivity (Wildman–Crippen MR) is 62.7 cm³/mol. The standard InChI is InChI=1S/C13H21N/c1-10-5-11(2)7-13(6-10)8-12(3)9-14-4/h5-7,12,14H,8-9H2,1-4H3. The number of aryl methyl sites for hydroxylation is 2. The van der Waals surface area contributed by atoms with Gasteiger partial charge in [-0.15, -0.1) is 0 Å². The summed E-state index contributed by atoms with van der Waals surface area (Å²) in [5.41, 5.74) is 4.21. The summed E-state index contributed by atoms with van der Waals surface area (Å²) in [4.78, 5) is 0. The van der Waals surface area contributed by atoms with Gasteiger partial charge < -0.3 is 5.32 Å². The highest BCUT2D eigenvalue weighted by Crippen LogP contribution is 2.12. The molecule has 0 saturated heterocycles. The van der Waals surface area contributed by atoms with E-state index in [1.54, 1.807) is 0 Å². The van der Waals surface area contributed by atoms with Crippen LogP contribution in [0.1, 0.15) is 23.6 Å². The predicted octanol–water partition coefficient (Wildman–Crippen LogP) is 2.70. The fourth-order valence-corrected chi connectivity index (χ4v) is 2.01. The molecule has 0 spiro atoms. The molecule has 0 aliphatic rings. The summed E-state index contributed by atoms with van der Waals surface area (Å²) in [7, 11) is 2.01. The minimum absolute atomic E-state index is 0.709. The molecule has 0 aliphatic heterocycles. The Kier molecular flexibility index (Phi) is 4.15. The summed E-state index contributed by atoms with van der Waals surface area (Å²) in [5.74, 6) is 0.709. The second-order valence-corrected chi connectivity index (χ2v) is 4.36. The first-order chi connectivity index (χ1) is 6.61. The fourth-order valence-electron chi connectivity index (χ4n) is 2.01. The molecular weight excluding hydrogens is 170 g/mol. The average Bonchev–Trinajstić information content (AvgIpc) is 2.01. The van der Waals surface area contributed by atoms with Crippen LogP contribution in [0, 0.1) is 19.8 Å². The van der Waals surface area contributed by atoms with Crippen LogP contribution >= 0.6 is 0 Å². The van der Waals surface area contributed by atoms with Crippen LogP contribution in [0.25, 0.3) is 0 Å². The number of hydrogen-bond donors (Lipinski definition) is 1. The first-order valence-corrected chi connectivity index (χ1v) is 5.33. The highest BCUT2D eigenvalue weighted by Gasteiger charge is 2.03. The summed E-state index contributed by atoms with van der Waals surface area (Å²) in [5, 5.41) is 3.22. The van der Waals surface area contributed by atoms with Crippen molar-refractivity contribution in [3.8, 4) is 0 Å². The lowest BCUT2D eigenvalue weighted by Gasteiger charge is -2.11. The Morgan fingerprint density at radius 2 is 1.71 bits per heavy atom. The molecule has 0 fully saturated rings. The van der Waals surface area contributed by atoms with Gasteiger partial charge in [-0.1, -0.05) is 36.2 Å². The van der Waals surface area contributed by atoms with E-state index < -0.39 is 0 Å². The van der Waals surface area contributed by atoms with Gasteiger partial charge in [0.05, 0.1) is 0 Å². The number of rotatable bonds is 4. The molecule has 0 heterocycles. The van der Waals surface area contributed by atoms with E-state index in [9.17, 15) is 0 Å². The fraction of sp³-hybridized carbons (Fsp3) is 0.538. The largest absolute Gasteiger partial charge is 0.319 e. The molecule has 0 aliphatic carbocycles. The van der Waals surface area contributed by atoms with Crippen molar-refractivity contribution in [2.75, 3.05) is 13.6 Å². The maximum Gasteiger partial charge on any atom is -0.00230 e. The van der Waals surface area contributed by atoms with Gasteiger partial charge >= 0.3 is 0 Å². The van der Waals surface area contributed by atoms with Crippen LogP contribution in [-0.2, 0) is 6.42 Å². The maximum atomic E-state index is 3.22. The van der Waals surface area contributed by atoms with Gasteiger partial charge in [-0.05, 0) is 45.3 Å². The van der Waals surface area contributed by atoms with Crippen molar-refractivity contribution in [1.82, 2.24) is 5.32 Å². The van der Waals surface area contributed by atoms with E-state index in [1.165, 1.54) is 23.1 Å². The van der Waals surface area contributed by atoms with Crippen LogP contribution in [-0.4, -0.2) is 13.6 Å². The highest BCUT2D eigenvalue weighted by molar-refractivity contribution is 5.28. The van der Waals surface area contributed by atoms with Crippen LogP contribution < -0.4 is 5.32 Å². The monoisotopic (exact) mass is 191 g/mol. The minimum atomic E-state index is 0.709. The molecular formula is C13H21N. The molecule has 1 atom stereocenters. The van der Waals surface area contributed by atoms with Crippen molar-refractivity contribution >= 4 is 0 Å². The first kappa shape index (κ1) is 11.3.